The van der Waals surface area contributed by atoms with Crippen molar-refractivity contribution in [2.75, 3.05) is 6.54 Å². The van der Waals surface area contributed by atoms with Crippen LogP contribution in [0.1, 0.15) is 46.9 Å². The summed E-state index contributed by atoms with van der Waals surface area (Å²) in [7, 11) is 0. The molecule has 0 aromatic carbocycles. The molecule has 0 bridgehead atoms. The van der Waals surface area contributed by atoms with Gasteiger partial charge in [0.1, 0.15) is 5.82 Å². The van der Waals surface area contributed by atoms with Gasteiger partial charge < -0.3 is 4.98 Å². The number of aromatic amines is 1. The maximum atomic E-state index is 4.85. The predicted molar refractivity (Wildman–Crippen MR) is 86.5 cm³/mol. The number of fused-ring (bicyclic) bond motifs is 1. The summed E-state index contributed by atoms with van der Waals surface area (Å²) in [5.74, 6) is 1.90. The Morgan fingerprint density at radius 3 is 2.91 bits per heavy atom. The van der Waals surface area contributed by atoms with E-state index in [1.807, 2.05) is 0 Å². The Kier molecular flexibility index (Phi) is 3.49. The maximum absolute atomic E-state index is 4.85. The van der Waals surface area contributed by atoms with Gasteiger partial charge in [-0.1, -0.05) is 0 Å². The molecule has 22 heavy (non-hydrogen) atoms. The molecule has 2 aromatic rings. The fourth-order valence-corrected chi connectivity index (χ4v) is 3.38. The third kappa shape index (κ3) is 2.93. The van der Waals surface area contributed by atoms with Crippen LogP contribution in [0.2, 0.25) is 0 Å². The molecule has 1 aliphatic carbocycles. The van der Waals surface area contributed by atoms with E-state index < -0.39 is 0 Å². The quantitative estimate of drug-likeness (QED) is 0.943. The smallest absolute Gasteiger partial charge is 0.128 e. The summed E-state index contributed by atoms with van der Waals surface area (Å²) >= 11 is 0. The normalized spacial score (nSPS) is 18.5. The van der Waals surface area contributed by atoms with Crippen molar-refractivity contribution < 1.29 is 0 Å². The van der Waals surface area contributed by atoms with Crippen molar-refractivity contribution in [3.05, 3.63) is 46.3 Å². The highest BCUT2D eigenvalue weighted by Gasteiger charge is 2.24. The van der Waals surface area contributed by atoms with Crippen LogP contribution in [0.4, 0.5) is 0 Å². The Hall–Kier alpha value is -1.68. The van der Waals surface area contributed by atoms with Crippen molar-refractivity contribution in [1.82, 2.24) is 19.9 Å². The predicted octanol–water partition coefficient (Wildman–Crippen LogP) is 2.93. The van der Waals surface area contributed by atoms with Crippen LogP contribution in [0.15, 0.2) is 12.3 Å². The van der Waals surface area contributed by atoms with Crippen molar-refractivity contribution in [3.8, 4) is 0 Å². The molecule has 0 spiro atoms. The summed E-state index contributed by atoms with van der Waals surface area (Å²) in [4.78, 5) is 15.4. The number of nitrogens with zero attached hydrogens (tertiary/aromatic N) is 3. The van der Waals surface area contributed by atoms with Crippen molar-refractivity contribution in [2.45, 2.75) is 52.6 Å². The minimum absolute atomic E-state index is 0.849. The van der Waals surface area contributed by atoms with Gasteiger partial charge in [-0.2, -0.15) is 0 Å². The largest absolute Gasteiger partial charge is 0.361 e. The van der Waals surface area contributed by atoms with Crippen LogP contribution in [0.3, 0.4) is 0 Å². The van der Waals surface area contributed by atoms with E-state index >= 15 is 0 Å². The Morgan fingerprint density at radius 2 is 2.18 bits per heavy atom. The highest BCUT2D eigenvalue weighted by molar-refractivity contribution is 5.25. The summed E-state index contributed by atoms with van der Waals surface area (Å²) in [5.41, 5.74) is 6.54. The van der Waals surface area contributed by atoms with E-state index in [1.54, 1.807) is 0 Å². The number of aryl methyl sites for hydroxylation is 2. The molecule has 0 amide bonds. The molecule has 1 aliphatic heterocycles. The van der Waals surface area contributed by atoms with E-state index in [-0.39, 0.29) is 0 Å². The lowest BCUT2D eigenvalue weighted by molar-refractivity contribution is 0.237. The minimum Gasteiger partial charge on any atom is -0.361 e. The Balaban J connectivity index is 1.48. The molecule has 1 N–H and O–H groups in total. The minimum atomic E-state index is 0.849. The van der Waals surface area contributed by atoms with E-state index in [0.29, 0.717) is 0 Å². The summed E-state index contributed by atoms with van der Waals surface area (Å²) in [6.45, 7) is 7.34. The van der Waals surface area contributed by atoms with Crippen LogP contribution in [0.25, 0.3) is 0 Å². The number of aromatic nitrogens is 3. The molecule has 4 rings (SSSR count). The molecule has 0 unspecified atom stereocenters. The molecule has 3 heterocycles. The Bertz CT molecular complexity index is 684. The first kappa shape index (κ1) is 13.9. The van der Waals surface area contributed by atoms with Gasteiger partial charge in [-0.3, -0.25) is 4.90 Å². The molecule has 0 saturated heterocycles. The fourth-order valence-electron chi connectivity index (χ4n) is 3.38. The van der Waals surface area contributed by atoms with Crippen LogP contribution in [-0.4, -0.2) is 26.4 Å². The van der Waals surface area contributed by atoms with E-state index in [2.05, 4.69) is 41.0 Å². The molecular formula is C18H24N4. The zero-order chi connectivity index (χ0) is 15.1. The average molecular weight is 296 g/mol. The first-order chi connectivity index (χ1) is 10.7. The van der Waals surface area contributed by atoms with E-state index in [4.69, 9.17) is 4.98 Å². The number of hydrogen-bond donors (Lipinski definition) is 1. The van der Waals surface area contributed by atoms with Gasteiger partial charge in [0.15, 0.2) is 0 Å². The van der Waals surface area contributed by atoms with Crippen molar-refractivity contribution in [1.29, 1.82) is 0 Å². The number of nitrogens with one attached hydrogen (secondary N) is 1. The lowest BCUT2D eigenvalue weighted by atomic mass is 10.1. The molecule has 4 nitrogen and oxygen atoms in total. The highest BCUT2D eigenvalue weighted by Crippen LogP contribution is 2.32. The van der Waals surface area contributed by atoms with Gasteiger partial charge in [-0.05, 0) is 56.2 Å². The van der Waals surface area contributed by atoms with Crippen LogP contribution < -0.4 is 0 Å². The number of hydrogen-bond acceptors (Lipinski definition) is 3. The summed E-state index contributed by atoms with van der Waals surface area (Å²) in [6, 6.07) is 2.23. The molecule has 0 radical (unpaired) electrons. The van der Waals surface area contributed by atoms with Crippen molar-refractivity contribution in [3.63, 3.8) is 0 Å². The van der Waals surface area contributed by atoms with Crippen LogP contribution >= 0.6 is 0 Å². The molecule has 1 fully saturated rings. The van der Waals surface area contributed by atoms with Crippen LogP contribution in [0.5, 0.6) is 0 Å². The number of rotatable bonds is 4. The number of H-pyrrole nitrogens is 1. The molecular weight excluding hydrogens is 272 g/mol. The van der Waals surface area contributed by atoms with Gasteiger partial charge in [0.2, 0.25) is 0 Å². The van der Waals surface area contributed by atoms with Gasteiger partial charge in [-0.25, -0.2) is 9.97 Å². The fraction of sp³-hybridized carbons (Fsp3) is 0.556. The average Bonchev–Trinajstić information content (AvgIpc) is 3.24. The van der Waals surface area contributed by atoms with Crippen molar-refractivity contribution in [2.24, 2.45) is 5.92 Å². The second kappa shape index (κ2) is 5.51. The van der Waals surface area contributed by atoms with Crippen LogP contribution in [0, 0.1) is 19.8 Å². The molecule has 4 heteroatoms. The second-order valence-electron chi connectivity index (χ2n) is 6.98. The first-order valence-corrected chi connectivity index (χ1v) is 8.38. The third-order valence-corrected chi connectivity index (χ3v) is 4.88. The van der Waals surface area contributed by atoms with Gasteiger partial charge >= 0.3 is 0 Å². The zero-order valence-electron chi connectivity index (χ0n) is 13.5. The van der Waals surface area contributed by atoms with Gasteiger partial charge in [0.25, 0.3) is 0 Å². The molecule has 116 valence electrons. The van der Waals surface area contributed by atoms with Gasteiger partial charge in [0, 0.05) is 43.6 Å². The zero-order valence-corrected chi connectivity index (χ0v) is 13.5. The molecule has 2 aromatic heterocycles. The van der Waals surface area contributed by atoms with Gasteiger partial charge in [-0.15, -0.1) is 0 Å². The van der Waals surface area contributed by atoms with E-state index in [0.717, 1.165) is 44.2 Å². The summed E-state index contributed by atoms with van der Waals surface area (Å²) < 4.78 is 0. The van der Waals surface area contributed by atoms with Crippen molar-refractivity contribution >= 4 is 0 Å². The second-order valence-corrected chi connectivity index (χ2v) is 6.98. The monoisotopic (exact) mass is 296 g/mol. The highest BCUT2D eigenvalue weighted by atomic mass is 15.1. The Labute approximate surface area is 132 Å². The summed E-state index contributed by atoms with van der Waals surface area (Å²) in [6.07, 6.45) is 6.93. The third-order valence-electron chi connectivity index (χ3n) is 4.88. The SMILES string of the molecule is Cc1cc(C)c(CN2CCc3cnc(CC4CC4)nc3C2)[nH]1. The maximum Gasteiger partial charge on any atom is 0.128 e. The topological polar surface area (TPSA) is 44.8 Å². The standard InChI is InChI=1S/C18H24N4/c1-12-7-13(2)20-16(12)10-22-6-5-15-9-19-18(8-14-3-4-14)21-17(15)11-22/h7,9,14,20H,3-6,8,10-11H2,1-2H3. The molecule has 0 atom stereocenters. The summed E-state index contributed by atoms with van der Waals surface area (Å²) in [5, 5.41) is 0. The molecule has 1 saturated carbocycles. The lowest BCUT2D eigenvalue weighted by Crippen LogP contribution is -2.31. The van der Waals surface area contributed by atoms with Crippen LogP contribution in [-0.2, 0) is 25.9 Å². The van der Waals surface area contributed by atoms with E-state index in [9.17, 15) is 0 Å². The first-order valence-electron chi connectivity index (χ1n) is 8.38. The Morgan fingerprint density at radius 1 is 1.32 bits per heavy atom. The molecule has 2 aliphatic rings. The van der Waals surface area contributed by atoms with E-state index in [1.165, 1.54) is 41.1 Å². The van der Waals surface area contributed by atoms with Gasteiger partial charge in [0.05, 0.1) is 5.69 Å². The lowest BCUT2D eigenvalue weighted by Gasteiger charge is -2.27.